The molecule has 90 valence electrons. The number of hydrogen-bond donors (Lipinski definition) is 2. The standard InChI is InChI=1S/C10H17N3O2S/c1-15-6-8(3-4-14)13-9-5-10(16-2)12-7-11-9/h5,7-8,14H,3-4,6H2,1-2H3,(H,11,12,13). The molecular formula is C10H17N3O2S. The maximum absolute atomic E-state index is 8.91. The van der Waals surface area contributed by atoms with Crippen LogP contribution in [0.25, 0.3) is 0 Å². The molecule has 0 radical (unpaired) electrons. The third-order valence-electron chi connectivity index (χ3n) is 2.05. The molecule has 1 aromatic heterocycles. The summed E-state index contributed by atoms with van der Waals surface area (Å²) in [5, 5.41) is 13.0. The third-order valence-corrected chi connectivity index (χ3v) is 2.69. The number of anilines is 1. The Morgan fingerprint density at radius 2 is 2.38 bits per heavy atom. The van der Waals surface area contributed by atoms with E-state index in [1.807, 2.05) is 12.3 Å². The average molecular weight is 243 g/mol. The molecule has 0 fully saturated rings. The van der Waals surface area contributed by atoms with Crippen LogP contribution in [0.3, 0.4) is 0 Å². The Bertz CT molecular complexity index is 306. The lowest BCUT2D eigenvalue weighted by Crippen LogP contribution is -2.26. The number of thioether (sulfide) groups is 1. The molecule has 0 aliphatic carbocycles. The second kappa shape index (κ2) is 7.43. The van der Waals surface area contributed by atoms with Crippen molar-refractivity contribution < 1.29 is 9.84 Å². The first-order valence-corrected chi connectivity index (χ1v) is 6.25. The Labute approximate surface area is 99.6 Å². The molecule has 16 heavy (non-hydrogen) atoms. The van der Waals surface area contributed by atoms with Gasteiger partial charge in [0.15, 0.2) is 0 Å². The SMILES string of the molecule is COCC(CCO)Nc1cc(SC)ncn1. The normalized spacial score (nSPS) is 12.4. The maximum Gasteiger partial charge on any atom is 0.130 e. The van der Waals surface area contributed by atoms with Crippen molar-refractivity contribution in [1.82, 2.24) is 9.97 Å². The lowest BCUT2D eigenvalue weighted by molar-refractivity contribution is 0.170. The van der Waals surface area contributed by atoms with E-state index in [0.717, 1.165) is 10.8 Å². The van der Waals surface area contributed by atoms with Crippen LogP contribution in [0.1, 0.15) is 6.42 Å². The number of aliphatic hydroxyl groups is 1. The lowest BCUT2D eigenvalue weighted by Gasteiger charge is -2.17. The lowest BCUT2D eigenvalue weighted by atomic mass is 10.2. The number of methoxy groups -OCH3 is 1. The Morgan fingerprint density at radius 3 is 3.00 bits per heavy atom. The van der Waals surface area contributed by atoms with E-state index in [1.165, 1.54) is 6.33 Å². The molecule has 1 rings (SSSR count). The first-order chi connectivity index (χ1) is 7.80. The highest BCUT2D eigenvalue weighted by Crippen LogP contribution is 2.14. The van der Waals surface area contributed by atoms with Crippen molar-refractivity contribution in [3.63, 3.8) is 0 Å². The van der Waals surface area contributed by atoms with Crippen LogP contribution in [0.4, 0.5) is 5.82 Å². The highest BCUT2D eigenvalue weighted by molar-refractivity contribution is 7.98. The average Bonchev–Trinajstić information content (AvgIpc) is 2.30. The molecule has 0 aromatic carbocycles. The summed E-state index contributed by atoms with van der Waals surface area (Å²) < 4.78 is 5.06. The van der Waals surface area contributed by atoms with Crippen LogP contribution in [0.2, 0.25) is 0 Å². The van der Waals surface area contributed by atoms with E-state index < -0.39 is 0 Å². The summed E-state index contributed by atoms with van der Waals surface area (Å²) in [4.78, 5) is 8.21. The number of nitrogens with zero attached hydrogens (tertiary/aromatic N) is 2. The number of ether oxygens (including phenoxy) is 1. The van der Waals surface area contributed by atoms with Gasteiger partial charge in [-0.25, -0.2) is 9.97 Å². The van der Waals surface area contributed by atoms with Gasteiger partial charge in [-0.3, -0.25) is 0 Å². The van der Waals surface area contributed by atoms with Gasteiger partial charge < -0.3 is 15.2 Å². The largest absolute Gasteiger partial charge is 0.396 e. The fraction of sp³-hybridized carbons (Fsp3) is 0.600. The summed E-state index contributed by atoms with van der Waals surface area (Å²) in [6.45, 7) is 0.667. The molecule has 0 spiro atoms. The van der Waals surface area contributed by atoms with E-state index in [9.17, 15) is 0 Å². The summed E-state index contributed by atoms with van der Waals surface area (Å²) in [6, 6.07) is 1.95. The van der Waals surface area contributed by atoms with E-state index in [0.29, 0.717) is 13.0 Å². The highest BCUT2D eigenvalue weighted by atomic mass is 32.2. The molecule has 0 aliphatic rings. The van der Waals surface area contributed by atoms with Crippen LogP contribution < -0.4 is 5.32 Å². The smallest absolute Gasteiger partial charge is 0.130 e. The predicted molar refractivity (Wildman–Crippen MR) is 64.8 cm³/mol. The fourth-order valence-corrected chi connectivity index (χ4v) is 1.68. The van der Waals surface area contributed by atoms with Crippen LogP contribution in [0.5, 0.6) is 0 Å². The van der Waals surface area contributed by atoms with Gasteiger partial charge in [-0.2, -0.15) is 0 Å². The van der Waals surface area contributed by atoms with Gasteiger partial charge in [-0.05, 0) is 12.7 Å². The number of hydrogen-bond acceptors (Lipinski definition) is 6. The van der Waals surface area contributed by atoms with Gasteiger partial charge in [0, 0.05) is 19.8 Å². The van der Waals surface area contributed by atoms with Crippen molar-refractivity contribution >= 4 is 17.6 Å². The van der Waals surface area contributed by atoms with Crippen molar-refractivity contribution in [3.05, 3.63) is 12.4 Å². The summed E-state index contributed by atoms with van der Waals surface area (Å²) in [5.41, 5.74) is 0. The molecule has 5 nitrogen and oxygen atoms in total. The molecule has 6 heteroatoms. The summed E-state index contributed by atoms with van der Waals surface area (Å²) in [5.74, 6) is 0.759. The second-order valence-electron chi connectivity index (χ2n) is 3.25. The van der Waals surface area contributed by atoms with Gasteiger partial charge in [0.2, 0.25) is 0 Å². The minimum atomic E-state index is 0.0691. The Morgan fingerprint density at radius 1 is 1.56 bits per heavy atom. The third kappa shape index (κ3) is 4.34. The van der Waals surface area contributed by atoms with Crippen molar-refractivity contribution in [2.24, 2.45) is 0 Å². The Kier molecular flexibility index (Phi) is 6.14. The quantitative estimate of drug-likeness (QED) is 0.550. The monoisotopic (exact) mass is 243 g/mol. The van der Waals surface area contributed by atoms with Gasteiger partial charge in [0.25, 0.3) is 0 Å². The Balaban J connectivity index is 2.60. The van der Waals surface area contributed by atoms with E-state index in [2.05, 4.69) is 15.3 Å². The number of aliphatic hydroxyl groups excluding tert-OH is 1. The minimum absolute atomic E-state index is 0.0691. The van der Waals surface area contributed by atoms with Crippen molar-refractivity contribution in [3.8, 4) is 0 Å². The first-order valence-electron chi connectivity index (χ1n) is 5.02. The second-order valence-corrected chi connectivity index (χ2v) is 4.08. The van der Waals surface area contributed by atoms with Crippen molar-refractivity contribution in [1.29, 1.82) is 0 Å². The summed E-state index contributed by atoms with van der Waals surface area (Å²) in [7, 11) is 1.64. The summed E-state index contributed by atoms with van der Waals surface area (Å²) >= 11 is 1.57. The zero-order chi connectivity index (χ0) is 11.8. The van der Waals surface area contributed by atoms with Crippen LogP contribution in [0, 0.1) is 0 Å². The van der Waals surface area contributed by atoms with E-state index >= 15 is 0 Å². The molecule has 0 saturated carbocycles. The van der Waals surface area contributed by atoms with Crippen LogP contribution >= 0.6 is 11.8 Å². The molecule has 1 unspecified atom stereocenters. The minimum Gasteiger partial charge on any atom is -0.396 e. The molecule has 0 saturated heterocycles. The van der Waals surface area contributed by atoms with Crippen LogP contribution in [-0.4, -0.2) is 47.7 Å². The van der Waals surface area contributed by atoms with E-state index in [-0.39, 0.29) is 12.6 Å². The number of aromatic nitrogens is 2. The molecule has 2 N–H and O–H groups in total. The maximum atomic E-state index is 8.91. The molecule has 1 heterocycles. The van der Waals surface area contributed by atoms with Crippen molar-refractivity contribution in [2.75, 3.05) is 31.9 Å². The Hall–Kier alpha value is -0.850. The molecule has 1 atom stereocenters. The zero-order valence-electron chi connectivity index (χ0n) is 9.51. The molecular weight excluding hydrogens is 226 g/mol. The van der Waals surface area contributed by atoms with Gasteiger partial charge in [-0.1, -0.05) is 0 Å². The first kappa shape index (κ1) is 13.2. The van der Waals surface area contributed by atoms with Crippen LogP contribution in [-0.2, 0) is 4.74 Å². The predicted octanol–water partition coefficient (Wildman–Crippen LogP) is 1.01. The van der Waals surface area contributed by atoms with Gasteiger partial charge in [0.05, 0.1) is 12.6 Å². The number of rotatable bonds is 7. The molecule has 1 aromatic rings. The molecule has 0 amide bonds. The topological polar surface area (TPSA) is 67.3 Å². The molecule has 0 bridgehead atoms. The van der Waals surface area contributed by atoms with Crippen molar-refractivity contribution in [2.45, 2.75) is 17.5 Å². The summed E-state index contributed by atoms with van der Waals surface area (Å²) in [6.07, 6.45) is 4.12. The van der Waals surface area contributed by atoms with E-state index in [4.69, 9.17) is 9.84 Å². The van der Waals surface area contributed by atoms with Gasteiger partial charge >= 0.3 is 0 Å². The number of nitrogens with one attached hydrogen (secondary N) is 1. The van der Waals surface area contributed by atoms with E-state index in [1.54, 1.807) is 18.9 Å². The van der Waals surface area contributed by atoms with Gasteiger partial charge in [0.1, 0.15) is 17.2 Å². The zero-order valence-corrected chi connectivity index (χ0v) is 10.3. The van der Waals surface area contributed by atoms with Crippen LogP contribution in [0.15, 0.2) is 17.4 Å². The molecule has 0 aliphatic heterocycles. The fourth-order valence-electron chi connectivity index (χ4n) is 1.29. The highest BCUT2D eigenvalue weighted by Gasteiger charge is 2.08. The van der Waals surface area contributed by atoms with Gasteiger partial charge in [-0.15, -0.1) is 11.8 Å².